The van der Waals surface area contributed by atoms with Gasteiger partial charge in [0.15, 0.2) is 0 Å². The molecule has 1 aromatic rings. The third-order valence-electron chi connectivity index (χ3n) is 3.74. The van der Waals surface area contributed by atoms with Crippen LogP contribution in [0, 0.1) is 19.8 Å². The Morgan fingerprint density at radius 1 is 1.45 bits per heavy atom. The molecule has 0 saturated carbocycles. The van der Waals surface area contributed by atoms with Crippen molar-refractivity contribution >= 4 is 24.0 Å². The van der Waals surface area contributed by atoms with Crippen LogP contribution >= 0.6 is 12.4 Å². The van der Waals surface area contributed by atoms with E-state index in [9.17, 15) is 4.79 Å². The van der Waals surface area contributed by atoms with E-state index in [1.165, 1.54) is 0 Å². The van der Waals surface area contributed by atoms with Crippen molar-refractivity contribution in [2.24, 2.45) is 11.7 Å². The summed E-state index contributed by atoms with van der Waals surface area (Å²) in [4.78, 5) is 14.2. The molecule has 1 atom stereocenters. The number of hydrogen-bond acceptors (Lipinski definition) is 3. The summed E-state index contributed by atoms with van der Waals surface area (Å²) in [5, 5.41) is 3.00. The van der Waals surface area contributed by atoms with Crippen molar-refractivity contribution in [3.63, 3.8) is 0 Å². The molecule has 5 heteroatoms. The van der Waals surface area contributed by atoms with E-state index < -0.39 is 0 Å². The summed E-state index contributed by atoms with van der Waals surface area (Å²) in [5.41, 5.74) is 8.83. The van der Waals surface area contributed by atoms with Crippen LogP contribution in [0.3, 0.4) is 0 Å². The first-order valence-corrected chi connectivity index (χ1v) is 6.88. The monoisotopic (exact) mass is 297 g/mol. The standard InChI is InChI=1S/C15H23N3O.ClH/c1-11-3-4-12(2)14(7-11)17-15(19)10-18-6-5-13(8-16)9-18;/h3-4,7,13H,5-6,8-10,16H2,1-2H3,(H,17,19);1H. The topological polar surface area (TPSA) is 58.4 Å². The lowest BCUT2D eigenvalue weighted by Gasteiger charge is -2.16. The van der Waals surface area contributed by atoms with Crippen LogP contribution in [0.1, 0.15) is 17.5 Å². The molecule has 20 heavy (non-hydrogen) atoms. The first kappa shape index (κ1) is 17.0. The van der Waals surface area contributed by atoms with Crippen molar-refractivity contribution in [3.05, 3.63) is 29.3 Å². The summed E-state index contributed by atoms with van der Waals surface area (Å²) in [6.45, 7) is 7.13. The Bertz CT molecular complexity index is 464. The molecule has 1 aliphatic heterocycles. The summed E-state index contributed by atoms with van der Waals surface area (Å²) in [6, 6.07) is 6.10. The predicted molar refractivity (Wildman–Crippen MR) is 85.4 cm³/mol. The highest BCUT2D eigenvalue weighted by atomic mass is 35.5. The van der Waals surface area contributed by atoms with Gasteiger partial charge in [0, 0.05) is 12.2 Å². The van der Waals surface area contributed by atoms with Crippen molar-refractivity contribution < 1.29 is 4.79 Å². The Kier molecular flexibility index (Phi) is 6.46. The van der Waals surface area contributed by atoms with Crippen LogP contribution in [0.2, 0.25) is 0 Å². The summed E-state index contributed by atoms with van der Waals surface area (Å²) in [6.07, 6.45) is 1.10. The van der Waals surface area contributed by atoms with Gasteiger partial charge in [0.25, 0.3) is 0 Å². The number of carbonyl (C=O) groups excluding carboxylic acids is 1. The van der Waals surface area contributed by atoms with Crippen LogP contribution in [0.5, 0.6) is 0 Å². The number of rotatable bonds is 4. The average Bonchev–Trinajstić information content (AvgIpc) is 2.81. The number of halogens is 1. The van der Waals surface area contributed by atoms with Gasteiger partial charge in [-0.1, -0.05) is 12.1 Å². The van der Waals surface area contributed by atoms with Crippen LogP contribution < -0.4 is 11.1 Å². The van der Waals surface area contributed by atoms with E-state index in [1.54, 1.807) is 0 Å². The molecule has 1 fully saturated rings. The SMILES string of the molecule is Cc1ccc(C)c(NC(=O)CN2CCC(CN)C2)c1.Cl. The van der Waals surface area contributed by atoms with E-state index in [4.69, 9.17) is 5.73 Å². The molecule has 0 bridgehead atoms. The summed E-state index contributed by atoms with van der Waals surface area (Å²) < 4.78 is 0. The zero-order chi connectivity index (χ0) is 13.8. The highest BCUT2D eigenvalue weighted by molar-refractivity contribution is 5.93. The van der Waals surface area contributed by atoms with E-state index in [0.717, 1.165) is 42.9 Å². The quantitative estimate of drug-likeness (QED) is 0.893. The molecule has 3 N–H and O–H groups in total. The van der Waals surface area contributed by atoms with Crippen molar-refractivity contribution in [2.45, 2.75) is 20.3 Å². The largest absolute Gasteiger partial charge is 0.330 e. The number of nitrogens with two attached hydrogens (primary N) is 1. The first-order valence-electron chi connectivity index (χ1n) is 6.88. The zero-order valence-corrected chi connectivity index (χ0v) is 13.0. The summed E-state index contributed by atoms with van der Waals surface area (Å²) >= 11 is 0. The number of nitrogens with zero attached hydrogens (tertiary/aromatic N) is 1. The molecule has 4 nitrogen and oxygen atoms in total. The van der Waals surface area contributed by atoms with Gasteiger partial charge < -0.3 is 11.1 Å². The van der Waals surface area contributed by atoms with Crippen molar-refractivity contribution in [1.29, 1.82) is 0 Å². The van der Waals surface area contributed by atoms with Crippen molar-refractivity contribution in [1.82, 2.24) is 4.90 Å². The predicted octanol–water partition coefficient (Wildman–Crippen LogP) is 1.94. The van der Waals surface area contributed by atoms with E-state index in [0.29, 0.717) is 12.5 Å². The number of likely N-dealkylation sites (tertiary alicyclic amines) is 1. The van der Waals surface area contributed by atoms with Gasteiger partial charge in [-0.3, -0.25) is 9.69 Å². The highest BCUT2D eigenvalue weighted by Crippen LogP contribution is 2.17. The maximum Gasteiger partial charge on any atom is 0.238 e. The van der Waals surface area contributed by atoms with Gasteiger partial charge in [-0.25, -0.2) is 0 Å². The minimum Gasteiger partial charge on any atom is -0.330 e. The number of aryl methyl sites for hydroxylation is 2. The number of benzene rings is 1. The van der Waals surface area contributed by atoms with Gasteiger partial charge in [0.2, 0.25) is 5.91 Å². The van der Waals surface area contributed by atoms with Gasteiger partial charge in [0.05, 0.1) is 6.54 Å². The molecule has 112 valence electrons. The van der Waals surface area contributed by atoms with Crippen LogP contribution in [-0.2, 0) is 4.79 Å². The average molecular weight is 298 g/mol. The molecule has 1 aliphatic rings. The van der Waals surface area contributed by atoms with E-state index >= 15 is 0 Å². The normalized spacial score (nSPS) is 18.6. The Balaban J connectivity index is 0.00000200. The molecule has 1 aromatic carbocycles. The van der Waals surface area contributed by atoms with Crippen LogP contribution in [0.4, 0.5) is 5.69 Å². The number of amides is 1. The van der Waals surface area contributed by atoms with Crippen molar-refractivity contribution in [2.75, 3.05) is 31.5 Å². The fourth-order valence-corrected chi connectivity index (χ4v) is 2.51. The lowest BCUT2D eigenvalue weighted by atomic mass is 10.1. The Morgan fingerprint density at radius 2 is 2.20 bits per heavy atom. The third-order valence-corrected chi connectivity index (χ3v) is 3.74. The molecule has 1 amide bonds. The third kappa shape index (κ3) is 4.47. The molecule has 2 rings (SSSR count). The maximum absolute atomic E-state index is 12.0. The molecule has 1 heterocycles. The molecule has 1 saturated heterocycles. The van der Waals surface area contributed by atoms with Crippen molar-refractivity contribution in [3.8, 4) is 0 Å². The minimum atomic E-state index is 0. The molecule has 0 aromatic heterocycles. The lowest BCUT2D eigenvalue weighted by Crippen LogP contribution is -2.32. The van der Waals surface area contributed by atoms with Gasteiger partial charge in [-0.15, -0.1) is 12.4 Å². The van der Waals surface area contributed by atoms with Gasteiger partial charge in [-0.05, 0) is 56.5 Å². The highest BCUT2D eigenvalue weighted by Gasteiger charge is 2.22. The Morgan fingerprint density at radius 3 is 2.85 bits per heavy atom. The van der Waals surface area contributed by atoms with Gasteiger partial charge >= 0.3 is 0 Å². The molecule has 1 unspecified atom stereocenters. The van der Waals surface area contributed by atoms with Crippen LogP contribution in [0.15, 0.2) is 18.2 Å². The Hall–Kier alpha value is -1.10. The summed E-state index contributed by atoms with van der Waals surface area (Å²) in [5.74, 6) is 0.611. The van der Waals surface area contributed by atoms with Crippen LogP contribution in [-0.4, -0.2) is 37.0 Å². The summed E-state index contributed by atoms with van der Waals surface area (Å²) in [7, 11) is 0. The first-order chi connectivity index (χ1) is 9.08. The minimum absolute atomic E-state index is 0. The lowest BCUT2D eigenvalue weighted by molar-refractivity contribution is -0.117. The number of hydrogen-bond donors (Lipinski definition) is 2. The molecule has 0 radical (unpaired) electrons. The van der Waals surface area contributed by atoms with E-state index in [2.05, 4.69) is 16.3 Å². The van der Waals surface area contributed by atoms with Crippen LogP contribution in [0.25, 0.3) is 0 Å². The molecular formula is C15H24ClN3O. The molecule has 0 spiro atoms. The fraction of sp³-hybridized carbons (Fsp3) is 0.533. The van der Waals surface area contributed by atoms with Gasteiger partial charge in [0.1, 0.15) is 0 Å². The maximum atomic E-state index is 12.0. The van der Waals surface area contributed by atoms with E-state index in [1.807, 2.05) is 26.0 Å². The smallest absolute Gasteiger partial charge is 0.238 e. The number of anilines is 1. The fourth-order valence-electron chi connectivity index (χ4n) is 2.51. The number of carbonyl (C=O) groups is 1. The second-order valence-corrected chi connectivity index (χ2v) is 5.49. The van der Waals surface area contributed by atoms with Gasteiger partial charge in [-0.2, -0.15) is 0 Å². The number of nitrogens with one attached hydrogen (secondary N) is 1. The Labute approximate surface area is 127 Å². The molecular weight excluding hydrogens is 274 g/mol. The van der Waals surface area contributed by atoms with E-state index in [-0.39, 0.29) is 18.3 Å². The second-order valence-electron chi connectivity index (χ2n) is 5.49. The zero-order valence-electron chi connectivity index (χ0n) is 12.2. The second kappa shape index (κ2) is 7.62. The molecule has 0 aliphatic carbocycles.